The van der Waals surface area contributed by atoms with Crippen molar-refractivity contribution in [2.24, 2.45) is 16.6 Å². The number of carbonyl (C=O) groups excluding carboxylic acids is 1. The van der Waals surface area contributed by atoms with E-state index in [1.54, 1.807) is 36.1 Å². The molecule has 9 nitrogen and oxygen atoms in total. The van der Waals surface area contributed by atoms with Gasteiger partial charge in [-0.15, -0.1) is 6.42 Å². The molecule has 1 aliphatic rings. The summed E-state index contributed by atoms with van der Waals surface area (Å²) in [5, 5.41) is 7.78. The van der Waals surface area contributed by atoms with Gasteiger partial charge in [-0.1, -0.05) is 25.6 Å². The number of hydrogen-bond donors (Lipinski definition) is 2. The van der Waals surface area contributed by atoms with Gasteiger partial charge in [0, 0.05) is 52.4 Å². The van der Waals surface area contributed by atoms with Crippen LogP contribution in [0.3, 0.4) is 0 Å². The fraction of sp³-hybridized carbons (Fsp3) is 0.480. The van der Waals surface area contributed by atoms with Gasteiger partial charge in [0.2, 0.25) is 0 Å². The first-order valence-corrected chi connectivity index (χ1v) is 15.4. The Morgan fingerprint density at radius 2 is 2.26 bits per heavy atom. The zero-order chi connectivity index (χ0) is 25.4. The summed E-state index contributed by atoms with van der Waals surface area (Å²) in [6.45, 7) is 8.83. The second-order valence-electron chi connectivity index (χ2n) is 9.70. The van der Waals surface area contributed by atoms with Crippen molar-refractivity contribution in [3.8, 4) is 18.1 Å². The van der Waals surface area contributed by atoms with Gasteiger partial charge in [-0.3, -0.25) is 9.48 Å². The fourth-order valence-electron chi connectivity index (χ4n) is 3.74. The lowest BCUT2D eigenvalue weighted by molar-refractivity contribution is 0.0219. The Hall–Kier alpha value is -3.13. The lowest BCUT2D eigenvalue weighted by Crippen LogP contribution is -2.31. The van der Waals surface area contributed by atoms with Crippen molar-refractivity contribution in [1.82, 2.24) is 9.78 Å². The highest BCUT2D eigenvalue weighted by Crippen LogP contribution is 2.29. The molecule has 0 radical (unpaired) electrons. The number of carbonyl (C=O) groups is 1. The molecule has 0 spiro atoms. The van der Waals surface area contributed by atoms with Crippen LogP contribution in [0.2, 0.25) is 25.7 Å². The average Bonchev–Trinajstić information content (AvgIpc) is 3.23. The molecule has 1 aromatic heterocycles. The number of amides is 1. The van der Waals surface area contributed by atoms with Crippen molar-refractivity contribution in [1.29, 1.82) is 0 Å². The standard InChI is InChI=1S/C25H35N5O4Si/c1-6-18-13-20(7-8-23(18)34-17-33-11-12-35(3,4)5)28-25-21(24(26)31)15-30(29-25)22-16-32-10-9-19(22)14-27-2/h1,7-8,13-15,19,22H,9-12,16-17H2,2-5H3,(H2,26,31)(H,28,29)/t19?,22-/m0/s1. The number of ether oxygens (including phenoxy) is 3. The minimum Gasteiger partial charge on any atom is -0.466 e. The largest absolute Gasteiger partial charge is 0.466 e. The molecule has 10 heteroatoms. The van der Waals surface area contributed by atoms with Crippen molar-refractivity contribution in [2.75, 3.05) is 39.0 Å². The van der Waals surface area contributed by atoms with Crippen molar-refractivity contribution >= 4 is 31.7 Å². The molecular weight excluding hydrogens is 462 g/mol. The number of aliphatic imine (C=N–C) groups is 1. The van der Waals surface area contributed by atoms with Gasteiger partial charge in [0.15, 0.2) is 12.6 Å². The highest BCUT2D eigenvalue weighted by molar-refractivity contribution is 6.76. The lowest BCUT2D eigenvalue weighted by atomic mass is 9.96. The van der Waals surface area contributed by atoms with E-state index in [2.05, 4.69) is 41.0 Å². The van der Waals surface area contributed by atoms with Gasteiger partial charge in [-0.2, -0.15) is 5.10 Å². The smallest absolute Gasteiger partial charge is 0.254 e. The Morgan fingerprint density at radius 3 is 2.94 bits per heavy atom. The van der Waals surface area contributed by atoms with Crippen molar-refractivity contribution in [3.63, 3.8) is 0 Å². The number of hydrogen-bond acceptors (Lipinski definition) is 7. The Balaban J connectivity index is 1.73. The monoisotopic (exact) mass is 497 g/mol. The van der Waals surface area contributed by atoms with Crippen molar-refractivity contribution in [2.45, 2.75) is 38.1 Å². The highest BCUT2D eigenvalue weighted by atomic mass is 28.3. The molecule has 1 aliphatic heterocycles. The van der Waals surface area contributed by atoms with E-state index >= 15 is 0 Å². The highest BCUT2D eigenvalue weighted by Gasteiger charge is 2.28. The van der Waals surface area contributed by atoms with E-state index in [0.29, 0.717) is 42.6 Å². The summed E-state index contributed by atoms with van der Waals surface area (Å²) in [5.74, 6) is 3.11. The first kappa shape index (κ1) is 26.5. The Bertz CT molecular complexity index is 1090. The topological polar surface area (TPSA) is 113 Å². The molecule has 3 rings (SSSR count). The number of nitrogens with two attached hydrogens (primary N) is 1. The number of anilines is 2. The third-order valence-electron chi connectivity index (χ3n) is 5.75. The van der Waals surface area contributed by atoms with Crippen LogP contribution in [0.15, 0.2) is 29.4 Å². The van der Waals surface area contributed by atoms with Crippen LogP contribution in [-0.4, -0.2) is 63.6 Å². The van der Waals surface area contributed by atoms with E-state index in [1.165, 1.54) is 0 Å². The predicted molar refractivity (Wildman–Crippen MR) is 140 cm³/mol. The summed E-state index contributed by atoms with van der Waals surface area (Å²) in [6, 6.07) is 6.31. The van der Waals surface area contributed by atoms with Crippen LogP contribution in [0.5, 0.6) is 5.75 Å². The summed E-state index contributed by atoms with van der Waals surface area (Å²) < 4.78 is 18.7. The molecule has 1 aromatic carbocycles. The molecule has 1 amide bonds. The molecule has 3 N–H and O–H groups in total. The summed E-state index contributed by atoms with van der Waals surface area (Å²) >= 11 is 0. The zero-order valence-electron chi connectivity index (χ0n) is 20.9. The van der Waals surface area contributed by atoms with Crippen molar-refractivity contribution < 1.29 is 19.0 Å². The van der Waals surface area contributed by atoms with Gasteiger partial charge < -0.3 is 30.3 Å². The maximum atomic E-state index is 12.1. The van der Waals surface area contributed by atoms with E-state index < -0.39 is 14.0 Å². The summed E-state index contributed by atoms with van der Waals surface area (Å²) in [5.41, 5.74) is 7.13. The van der Waals surface area contributed by atoms with Gasteiger partial charge in [-0.05, 0) is 30.7 Å². The molecule has 35 heavy (non-hydrogen) atoms. The van der Waals surface area contributed by atoms with Crippen LogP contribution < -0.4 is 15.8 Å². The Kier molecular flexibility index (Phi) is 9.09. The summed E-state index contributed by atoms with van der Waals surface area (Å²) in [4.78, 5) is 16.3. The number of benzene rings is 1. The van der Waals surface area contributed by atoms with Crippen LogP contribution >= 0.6 is 0 Å². The minimum absolute atomic E-state index is 0.0842. The lowest BCUT2D eigenvalue weighted by Gasteiger charge is -2.29. The summed E-state index contributed by atoms with van der Waals surface area (Å²) in [6.07, 6.45) is 10.1. The maximum Gasteiger partial charge on any atom is 0.254 e. The molecule has 2 aromatic rings. The second kappa shape index (κ2) is 12.0. The van der Waals surface area contributed by atoms with Crippen LogP contribution in [0, 0.1) is 18.3 Å². The number of nitrogens with one attached hydrogen (secondary N) is 1. The SMILES string of the molecule is C#Cc1cc(Nc2nn([C@H]3COCCC3C=NC)cc2C(N)=O)ccc1OCOCC[Si](C)(C)C. The molecule has 0 aliphatic carbocycles. The van der Waals surface area contributed by atoms with Crippen LogP contribution in [0.25, 0.3) is 0 Å². The molecule has 188 valence electrons. The first-order valence-electron chi connectivity index (χ1n) is 11.7. The van der Waals surface area contributed by atoms with E-state index in [9.17, 15) is 4.79 Å². The predicted octanol–water partition coefficient (Wildman–Crippen LogP) is 3.68. The molecule has 1 fully saturated rings. The average molecular weight is 498 g/mol. The number of nitrogens with zero attached hydrogens (tertiary/aromatic N) is 3. The van der Waals surface area contributed by atoms with Gasteiger partial charge in [0.25, 0.3) is 5.91 Å². The fourth-order valence-corrected chi connectivity index (χ4v) is 4.49. The molecule has 2 atom stereocenters. The first-order chi connectivity index (χ1) is 16.7. The van der Waals surface area contributed by atoms with E-state index in [-0.39, 0.29) is 24.3 Å². The minimum atomic E-state index is -1.15. The molecule has 0 bridgehead atoms. The number of primary amides is 1. The van der Waals surface area contributed by atoms with Gasteiger partial charge in [0.1, 0.15) is 11.3 Å². The third kappa shape index (κ3) is 7.42. The van der Waals surface area contributed by atoms with Gasteiger partial charge >= 0.3 is 0 Å². The number of aromatic nitrogens is 2. The molecule has 0 saturated carbocycles. The van der Waals surface area contributed by atoms with E-state index in [1.807, 2.05) is 6.21 Å². The Morgan fingerprint density at radius 1 is 1.46 bits per heavy atom. The molecule has 1 unspecified atom stereocenters. The Labute approximate surface area is 208 Å². The normalized spacial score (nSPS) is 18.4. The molecule has 1 saturated heterocycles. The quantitative estimate of drug-likeness (QED) is 0.161. The second-order valence-corrected chi connectivity index (χ2v) is 15.3. The zero-order valence-corrected chi connectivity index (χ0v) is 21.9. The summed E-state index contributed by atoms with van der Waals surface area (Å²) in [7, 11) is 0.589. The number of terminal acetylenes is 1. The van der Waals surface area contributed by atoms with Crippen molar-refractivity contribution in [3.05, 3.63) is 35.5 Å². The van der Waals surface area contributed by atoms with E-state index in [0.717, 1.165) is 12.5 Å². The van der Waals surface area contributed by atoms with Crippen LogP contribution in [0.1, 0.15) is 28.4 Å². The van der Waals surface area contributed by atoms with E-state index in [4.69, 9.17) is 26.4 Å². The number of rotatable bonds is 11. The van der Waals surface area contributed by atoms with Gasteiger partial charge in [0.05, 0.1) is 18.2 Å². The molecule has 2 heterocycles. The van der Waals surface area contributed by atoms with Gasteiger partial charge in [-0.25, -0.2) is 0 Å². The molecular formula is C25H35N5O4Si. The third-order valence-corrected chi connectivity index (χ3v) is 7.45. The van der Waals surface area contributed by atoms with Crippen LogP contribution in [-0.2, 0) is 9.47 Å². The van der Waals surface area contributed by atoms with Crippen LogP contribution in [0.4, 0.5) is 11.5 Å². The maximum absolute atomic E-state index is 12.1.